The highest BCUT2D eigenvalue weighted by Gasteiger charge is 2.17. The fourth-order valence-electron chi connectivity index (χ4n) is 1.98. The second-order valence-corrected chi connectivity index (χ2v) is 7.08. The minimum absolute atomic E-state index is 0.326. The molecule has 0 aliphatic carbocycles. The van der Waals surface area contributed by atoms with Crippen LogP contribution in [0.3, 0.4) is 0 Å². The molecule has 20 heavy (non-hydrogen) atoms. The molecule has 0 atom stereocenters. The standard InChI is InChI=1S/C13H13BrClN3OS/c1-18(5-7-2-11(14)20-6-7)12-9(13(17)19)3-8(16)4-10(12)15/h2-4,6H,5,16H2,1H3,(H2,17,19). The molecule has 7 heteroatoms. The minimum Gasteiger partial charge on any atom is -0.399 e. The van der Waals surface area contributed by atoms with Crippen LogP contribution in [0.5, 0.6) is 0 Å². The van der Waals surface area contributed by atoms with E-state index in [9.17, 15) is 4.79 Å². The van der Waals surface area contributed by atoms with E-state index in [0.29, 0.717) is 28.5 Å². The third-order valence-electron chi connectivity index (χ3n) is 2.77. The summed E-state index contributed by atoms with van der Waals surface area (Å²) in [5, 5.41) is 2.45. The highest BCUT2D eigenvalue weighted by molar-refractivity contribution is 9.11. The highest BCUT2D eigenvalue weighted by Crippen LogP contribution is 2.33. The fraction of sp³-hybridized carbons (Fsp3) is 0.154. The Hall–Kier alpha value is -1.24. The van der Waals surface area contributed by atoms with Crippen molar-refractivity contribution >= 4 is 56.1 Å². The van der Waals surface area contributed by atoms with Crippen molar-refractivity contribution in [2.45, 2.75) is 6.54 Å². The number of nitrogens with two attached hydrogens (primary N) is 2. The monoisotopic (exact) mass is 373 g/mol. The second-order valence-electron chi connectivity index (χ2n) is 4.38. The van der Waals surface area contributed by atoms with Gasteiger partial charge in [-0.1, -0.05) is 11.6 Å². The van der Waals surface area contributed by atoms with Crippen molar-refractivity contribution in [3.8, 4) is 0 Å². The summed E-state index contributed by atoms with van der Waals surface area (Å²) in [5.41, 5.74) is 13.6. The summed E-state index contributed by atoms with van der Waals surface area (Å²) in [6.45, 7) is 0.617. The topological polar surface area (TPSA) is 72.3 Å². The average molecular weight is 375 g/mol. The summed E-state index contributed by atoms with van der Waals surface area (Å²) in [6.07, 6.45) is 0. The van der Waals surface area contributed by atoms with Gasteiger partial charge in [0.1, 0.15) is 0 Å². The highest BCUT2D eigenvalue weighted by atomic mass is 79.9. The number of amides is 1. The number of nitrogens with zero attached hydrogens (tertiary/aromatic N) is 1. The number of thiophene rings is 1. The molecule has 1 aromatic heterocycles. The van der Waals surface area contributed by atoms with E-state index in [0.717, 1.165) is 9.35 Å². The van der Waals surface area contributed by atoms with E-state index in [1.807, 2.05) is 23.4 Å². The van der Waals surface area contributed by atoms with Gasteiger partial charge in [-0.3, -0.25) is 4.79 Å². The summed E-state index contributed by atoms with van der Waals surface area (Å²) >= 11 is 11.2. The van der Waals surface area contributed by atoms with Gasteiger partial charge in [-0.05, 0) is 45.1 Å². The Bertz CT molecular complexity index is 659. The zero-order chi connectivity index (χ0) is 14.9. The number of hydrogen-bond donors (Lipinski definition) is 2. The van der Waals surface area contributed by atoms with E-state index < -0.39 is 5.91 Å². The number of benzene rings is 1. The van der Waals surface area contributed by atoms with Gasteiger partial charge in [-0.15, -0.1) is 11.3 Å². The molecular formula is C13H13BrClN3OS. The van der Waals surface area contributed by atoms with Crippen molar-refractivity contribution in [1.82, 2.24) is 0 Å². The Morgan fingerprint density at radius 2 is 2.15 bits per heavy atom. The van der Waals surface area contributed by atoms with E-state index in [2.05, 4.69) is 15.9 Å². The lowest BCUT2D eigenvalue weighted by Crippen LogP contribution is -2.22. The first-order chi connectivity index (χ1) is 9.38. The molecule has 0 unspecified atom stereocenters. The number of primary amides is 1. The Balaban J connectivity index is 2.38. The zero-order valence-corrected chi connectivity index (χ0v) is 13.8. The van der Waals surface area contributed by atoms with Crippen LogP contribution in [0.2, 0.25) is 5.02 Å². The van der Waals surface area contributed by atoms with Crippen LogP contribution in [-0.4, -0.2) is 13.0 Å². The summed E-state index contributed by atoms with van der Waals surface area (Å²) < 4.78 is 1.06. The normalized spacial score (nSPS) is 10.6. The average Bonchev–Trinajstić information content (AvgIpc) is 2.73. The van der Waals surface area contributed by atoms with Crippen LogP contribution >= 0.6 is 38.9 Å². The summed E-state index contributed by atoms with van der Waals surface area (Å²) in [4.78, 5) is 13.4. The molecule has 0 aliphatic heterocycles. The van der Waals surface area contributed by atoms with E-state index in [1.165, 1.54) is 0 Å². The molecule has 0 fully saturated rings. The molecule has 4 N–H and O–H groups in total. The van der Waals surface area contributed by atoms with Crippen molar-refractivity contribution in [2.75, 3.05) is 17.7 Å². The lowest BCUT2D eigenvalue weighted by atomic mass is 10.1. The number of carbonyl (C=O) groups excluding carboxylic acids is 1. The Morgan fingerprint density at radius 3 is 2.70 bits per heavy atom. The second kappa shape index (κ2) is 6.03. The molecule has 0 radical (unpaired) electrons. The Labute approximate surface area is 134 Å². The van der Waals surface area contributed by atoms with Gasteiger partial charge >= 0.3 is 0 Å². The van der Waals surface area contributed by atoms with Crippen molar-refractivity contribution in [3.05, 3.63) is 43.5 Å². The maximum Gasteiger partial charge on any atom is 0.250 e. The number of carbonyl (C=O) groups is 1. The van der Waals surface area contributed by atoms with Gasteiger partial charge in [0.15, 0.2) is 0 Å². The van der Waals surface area contributed by atoms with Crippen LogP contribution in [0.25, 0.3) is 0 Å². The lowest BCUT2D eigenvalue weighted by molar-refractivity contribution is 0.100. The summed E-state index contributed by atoms with van der Waals surface area (Å²) in [5.74, 6) is -0.549. The van der Waals surface area contributed by atoms with Crippen LogP contribution in [0.4, 0.5) is 11.4 Å². The van der Waals surface area contributed by atoms with Crippen LogP contribution in [0.15, 0.2) is 27.4 Å². The molecule has 0 bridgehead atoms. The molecule has 0 saturated heterocycles. The largest absolute Gasteiger partial charge is 0.399 e. The van der Waals surface area contributed by atoms with E-state index in [1.54, 1.807) is 23.5 Å². The van der Waals surface area contributed by atoms with Gasteiger partial charge in [-0.25, -0.2) is 0 Å². The van der Waals surface area contributed by atoms with Crippen LogP contribution < -0.4 is 16.4 Å². The molecule has 2 rings (SSSR count). The Morgan fingerprint density at radius 1 is 1.45 bits per heavy atom. The molecule has 1 amide bonds. The summed E-state index contributed by atoms with van der Waals surface area (Å²) in [6, 6.07) is 5.18. The molecule has 0 saturated carbocycles. The minimum atomic E-state index is -0.549. The third-order valence-corrected chi connectivity index (χ3v) is 4.62. The predicted octanol–water partition coefficient (Wildman–Crippen LogP) is 3.48. The van der Waals surface area contributed by atoms with Crippen molar-refractivity contribution in [1.29, 1.82) is 0 Å². The quantitative estimate of drug-likeness (QED) is 0.805. The van der Waals surface area contributed by atoms with E-state index in [-0.39, 0.29) is 0 Å². The number of anilines is 2. The van der Waals surface area contributed by atoms with Gasteiger partial charge < -0.3 is 16.4 Å². The van der Waals surface area contributed by atoms with Gasteiger partial charge in [0.05, 0.1) is 20.1 Å². The first kappa shape index (κ1) is 15.2. The molecule has 106 valence electrons. The summed E-state index contributed by atoms with van der Waals surface area (Å²) in [7, 11) is 1.86. The molecule has 2 aromatic rings. The molecule has 0 spiro atoms. The van der Waals surface area contributed by atoms with Crippen molar-refractivity contribution in [2.24, 2.45) is 5.73 Å². The van der Waals surface area contributed by atoms with Gasteiger partial charge in [-0.2, -0.15) is 0 Å². The number of hydrogen-bond acceptors (Lipinski definition) is 4. The zero-order valence-electron chi connectivity index (χ0n) is 10.7. The van der Waals surface area contributed by atoms with Gasteiger partial charge in [0.2, 0.25) is 0 Å². The molecule has 1 heterocycles. The smallest absolute Gasteiger partial charge is 0.250 e. The predicted molar refractivity (Wildman–Crippen MR) is 88.5 cm³/mol. The molecule has 4 nitrogen and oxygen atoms in total. The lowest BCUT2D eigenvalue weighted by Gasteiger charge is -2.22. The molecule has 1 aromatic carbocycles. The molecular weight excluding hydrogens is 362 g/mol. The molecule has 0 aliphatic rings. The maximum absolute atomic E-state index is 11.6. The maximum atomic E-state index is 11.6. The van der Waals surface area contributed by atoms with Gasteiger partial charge in [0.25, 0.3) is 5.91 Å². The number of rotatable bonds is 4. The first-order valence-corrected chi connectivity index (χ1v) is 7.76. The van der Waals surface area contributed by atoms with Crippen LogP contribution in [0, 0.1) is 0 Å². The first-order valence-electron chi connectivity index (χ1n) is 5.71. The van der Waals surface area contributed by atoms with Crippen molar-refractivity contribution < 1.29 is 4.79 Å². The fourth-order valence-corrected chi connectivity index (χ4v) is 3.55. The number of nitrogen functional groups attached to an aromatic ring is 1. The SMILES string of the molecule is CN(Cc1csc(Br)c1)c1c(Cl)cc(N)cc1C(N)=O. The van der Waals surface area contributed by atoms with E-state index in [4.69, 9.17) is 23.1 Å². The van der Waals surface area contributed by atoms with Crippen molar-refractivity contribution in [3.63, 3.8) is 0 Å². The van der Waals surface area contributed by atoms with Crippen LogP contribution in [0.1, 0.15) is 15.9 Å². The third kappa shape index (κ3) is 3.26. The number of halogens is 2. The van der Waals surface area contributed by atoms with Crippen LogP contribution in [-0.2, 0) is 6.54 Å². The Kier molecular flexibility index (Phi) is 4.57. The van der Waals surface area contributed by atoms with E-state index >= 15 is 0 Å². The van der Waals surface area contributed by atoms with Gasteiger partial charge in [0, 0.05) is 19.3 Å².